The zero-order valence-electron chi connectivity index (χ0n) is 14.7. The molecule has 0 aliphatic heterocycles. The van der Waals surface area contributed by atoms with E-state index in [0.29, 0.717) is 0 Å². The lowest BCUT2D eigenvalue weighted by atomic mass is 10.2. The number of aryl methyl sites for hydroxylation is 1. The summed E-state index contributed by atoms with van der Waals surface area (Å²) in [5.74, 6) is 1.06. The number of thioether (sulfide) groups is 1. The Kier molecular flexibility index (Phi) is 5.77. The van der Waals surface area contributed by atoms with Crippen molar-refractivity contribution in [3.05, 3.63) is 51.6 Å². The first-order chi connectivity index (χ1) is 11.7. The van der Waals surface area contributed by atoms with Gasteiger partial charge < -0.3 is 0 Å². The fourth-order valence-electron chi connectivity index (χ4n) is 3.30. The quantitative estimate of drug-likeness (QED) is 0.415. The minimum Gasteiger partial charge on any atom is -0.265 e. The third-order valence-electron chi connectivity index (χ3n) is 4.63. The molecule has 4 heteroatoms. The summed E-state index contributed by atoms with van der Waals surface area (Å²) in [6.45, 7) is 4.29. The summed E-state index contributed by atoms with van der Waals surface area (Å²) in [6, 6.07) is 8.15. The molecule has 0 N–H and O–H groups in total. The maximum Gasteiger partial charge on any atom is 0.353 e. The lowest BCUT2D eigenvalue weighted by Crippen LogP contribution is -2.25. The topological polar surface area (TPSA) is 34.9 Å². The van der Waals surface area contributed by atoms with Crippen LogP contribution in [0.4, 0.5) is 0 Å². The second kappa shape index (κ2) is 8.02. The zero-order chi connectivity index (χ0) is 16.9. The van der Waals surface area contributed by atoms with Gasteiger partial charge in [0, 0.05) is 11.3 Å². The first kappa shape index (κ1) is 17.3. The van der Waals surface area contributed by atoms with Gasteiger partial charge >= 0.3 is 5.69 Å². The Hall–Kier alpha value is -1.55. The van der Waals surface area contributed by atoms with E-state index in [0.717, 1.165) is 35.7 Å². The van der Waals surface area contributed by atoms with Crippen LogP contribution in [0.1, 0.15) is 55.8 Å². The van der Waals surface area contributed by atoms with Crippen molar-refractivity contribution in [1.29, 1.82) is 0 Å². The van der Waals surface area contributed by atoms with E-state index in [9.17, 15) is 4.79 Å². The predicted octanol–water partition coefficient (Wildman–Crippen LogP) is 4.70. The smallest absolute Gasteiger partial charge is 0.265 e. The minimum atomic E-state index is -0.129. The summed E-state index contributed by atoms with van der Waals surface area (Å²) in [5, 5.41) is 0.979. The Bertz CT molecular complexity index is 749. The number of hydrogen-bond acceptors (Lipinski definition) is 3. The summed E-state index contributed by atoms with van der Waals surface area (Å²) in [5.41, 5.74) is 4.49. The molecule has 0 fully saturated rings. The fourth-order valence-corrected chi connectivity index (χ4v) is 4.38. The van der Waals surface area contributed by atoms with Gasteiger partial charge in [0.2, 0.25) is 0 Å². The number of hydrogen-bond donors (Lipinski definition) is 0. The van der Waals surface area contributed by atoms with Gasteiger partial charge in [0.1, 0.15) is 5.03 Å². The molecule has 3 nitrogen and oxygen atoms in total. The molecule has 1 aliphatic rings. The minimum absolute atomic E-state index is 0.129. The standard InChI is InChI=1S/C20H26N2OS/c1-3-4-5-6-14-24-19-17-8-7-9-18(17)22(20(23)21-19)16-12-10-15(2)11-13-16/h10-13H,3-9,14H2,1-2H3. The number of nitrogens with zero attached hydrogens (tertiary/aromatic N) is 2. The molecular formula is C20H26N2OS. The highest BCUT2D eigenvalue weighted by Crippen LogP contribution is 2.31. The van der Waals surface area contributed by atoms with E-state index < -0.39 is 0 Å². The van der Waals surface area contributed by atoms with Gasteiger partial charge in [0.05, 0.1) is 5.69 Å². The maximum atomic E-state index is 12.7. The number of benzene rings is 1. The molecule has 0 saturated carbocycles. The van der Waals surface area contributed by atoms with Crippen molar-refractivity contribution >= 4 is 11.8 Å². The van der Waals surface area contributed by atoms with E-state index in [1.165, 1.54) is 42.5 Å². The van der Waals surface area contributed by atoms with Gasteiger partial charge in [-0.2, -0.15) is 4.98 Å². The average molecular weight is 343 g/mol. The molecule has 3 rings (SSSR count). The molecule has 0 spiro atoms. The molecule has 0 saturated heterocycles. The Morgan fingerprint density at radius 1 is 1.12 bits per heavy atom. The van der Waals surface area contributed by atoms with Gasteiger partial charge in [0.15, 0.2) is 0 Å². The zero-order valence-corrected chi connectivity index (χ0v) is 15.5. The van der Waals surface area contributed by atoms with Gasteiger partial charge in [-0.3, -0.25) is 4.57 Å². The van der Waals surface area contributed by atoms with Crippen molar-refractivity contribution in [3.8, 4) is 5.69 Å². The van der Waals surface area contributed by atoms with Crippen LogP contribution in [0.15, 0.2) is 34.1 Å². The second-order valence-corrected chi connectivity index (χ2v) is 7.64. The SMILES string of the molecule is CCCCCCSc1nc(=O)n(-c2ccc(C)cc2)c2c1CCC2. The molecular weight excluding hydrogens is 316 g/mol. The normalized spacial score (nSPS) is 13.2. The molecule has 0 bridgehead atoms. The Morgan fingerprint density at radius 3 is 2.67 bits per heavy atom. The molecule has 0 amide bonds. The number of rotatable bonds is 7. The van der Waals surface area contributed by atoms with Crippen LogP contribution in [0.2, 0.25) is 0 Å². The third kappa shape index (κ3) is 3.75. The van der Waals surface area contributed by atoms with Crippen molar-refractivity contribution in [2.45, 2.75) is 63.8 Å². The summed E-state index contributed by atoms with van der Waals surface area (Å²) in [4.78, 5) is 17.1. The van der Waals surface area contributed by atoms with Crippen LogP contribution in [0.3, 0.4) is 0 Å². The molecule has 2 aromatic rings. The highest BCUT2D eigenvalue weighted by atomic mass is 32.2. The van der Waals surface area contributed by atoms with Gasteiger partial charge in [-0.1, -0.05) is 43.9 Å². The van der Waals surface area contributed by atoms with Crippen LogP contribution < -0.4 is 5.69 Å². The van der Waals surface area contributed by atoms with Crippen molar-refractivity contribution < 1.29 is 0 Å². The van der Waals surface area contributed by atoms with E-state index in [-0.39, 0.29) is 5.69 Å². The van der Waals surface area contributed by atoms with E-state index in [1.807, 2.05) is 16.7 Å². The number of fused-ring (bicyclic) bond motifs is 1. The molecule has 0 radical (unpaired) electrons. The van der Waals surface area contributed by atoms with E-state index in [1.54, 1.807) is 11.8 Å². The highest BCUT2D eigenvalue weighted by Gasteiger charge is 2.22. The summed E-state index contributed by atoms with van der Waals surface area (Å²) in [6.07, 6.45) is 8.17. The fraction of sp³-hybridized carbons (Fsp3) is 0.500. The average Bonchev–Trinajstić information content (AvgIpc) is 3.05. The molecule has 1 heterocycles. The summed E-state index contributed by atoms with van der Waals surface area (Å²) in [7, 11) is 0. The molecule has 128 valence electrons. The molecule has 0 atom stereocenters. The highest BCUT2D eigenvalue weighted by molar-refractivity contribution is 7.99. The third-order valence-corrected chi connectivity index (χ3v) is 5.74. The van der Waals surface area contributed by atoms with Crippen LogP contribution >= 0.6 is 11.8 Å². The summed E-state index contributed by atoms with van der Waals surface area (Å²) < 4.78 is 1.82. The van der Waals surface area contributed by atoms with Crippen molar-refractivity contribution in [1.82, 2.24) is 9.55 Å². The summed E-state index contributed by atoms with van der Waals surface area (Å²) >= 11 is 1.77. The van der Waals surface area contributed by atoms with Gasteiger partial charge in [-0.15, -0.1) is 11.8 Å². The number of unbranched alkanes of at least 4 members (excludes halogenated alkanes) is 3. The van der Waals surface area contributed by atoms with Crippen molar-refractivity contribution in [2.75, 3.05) is 5.75 Å². The van der Waals surface area contributed by atoms with Crippen LogP contribution in [-0.2, 0) is 12.8 Å². The first-order valence-electron chi connectivity index (χ1n) is 9.05. The Labute approximate surface area is 148 Å². The predicted molar refractivity (Wildman–Crippen MR) is 101 cm³/mol. The molecule has 1 aromatic heterocycles. The first-order valence-corrected chi connectivity index (χ1v) is 10.0. The monoisotopic (exact) mass is 342 g/mol. The van der Waals surface area contributed by atoms with Crippen molar-refractivity contribution in [2.24, 2.45) is 0 Å². The number of aromatic nitrogens is 2. The molecule has 1 aromatic carbocycles. The lowest BCUT2D eigenvalue weighted by molar-refractivity contribution is 0.706. The largest absolute Gasteiger partial charge is 0.353 e. The van der Waals surface area contributed by atoms with Crippen LogP contribution in [-0.4, -0.2) is 15.3 Å². The van der Waals surface area contributed by atoms with Gasteiger partial charge in [-0.05, 0) is 50.5 Å². The van der Waals surface area contributed by atoms with Crippen LogP contribution in [0.25, 0.3) is 5.69 Å². The van der Waals surface area contributed by atoms with E-state index in [2.05, 4.69) is 31.0 Å². The van der Waals surface area contributed by atoms with Gasteiger partial charge in [0.25, 0.3) is 0 Å². The second-order valence-electron chi connectivity index (χ2n) is 6.56. The maximum absolute atomic E-state index is 12.7. The Morgan fingerprint density at radius 2 is 1.92 bits per heavy atom. The van der Waals surface area contributed by atoms with Crippen LogP contribution in [0, 0.1) is 6.92 Å². The van der Waals surface area contributed by atoms with Gasteiger partial charge in [-0.25, -0.2) is 4.79 Å². The van der Waals surface area contributed by atoms with E-state index in [4.69, 9.17) is 0 Å². The Balaban J connectivity index is 1.87. The van der Waals surface area contributed by atoms with E-state index >= 15 is 0 Å². The molecule has 1 aliphatic carbocycles. The van der Waals surface area contributed by atoms with Crippen molar-refractivity contribution in [3.63, 3.8) is 0 Å². The lowest BCUT2D eigenvalue weighted by Gasteiger charge is -2.14. The molecule has 0 unspecified atom stereocenters. The van der Waals surface area contributed by atoms with Crippen LogP contribution in [0.5, 0.6) is 0 Å². The molecule has 24 heavy (non-hydrogen) atoms.